The Balaban J connectivity index is 2.21. The summed E-state index contributed by atoms with van der Waals surface area (Å²) in [5.74, 6) is 1.69. The van der Waals surface area contributed by atoms with Crippen LogP contribution < -0.4 is 0 Å². The largest absolute Gasteiger partial charge is 0.377 e. The standard InChI is InChI=1S/C21H38O/c1-3-5-12-19-14-10-8-6-7-9-13-18(11-4-2)20-15-16-22-17-21(19)20/h18-19H,3-17H2,1-2H3. The highest BCUT2D eigenvalue weighted by Crippen LogP contribution is 2.38. The van der Waals surface area contributed by atoms with E-state index in [1.54, 1.807) is 5.57 Å². The highest BCUT2D eigenvalue weighted by atomic mass is 16.5. The van der Waals surface area contributed by atoms with Gasteiger partial charge < -0.3 is 4.74 Å². The Morgan fingerprint density at radius 1 is 0.818 bits per heavy atom. The lowest BCUT2D eigenvalue weighted by Gasteiger charge is -2.32. The molecule has 0 aromatic heterocycles. The fraction of sp³-hybridized carbons (Fsp3) is 0.905. The quantitative estimate of drug-likeness (QED) is 0.515. The summed E-state index contributed by atoms with van der Waals surface area (Å²) in [6, 6.07) is 0. The predicted octanol–water partition coefficient (Wildman–Crippen LogP) is 6.67. The molecule has 2 unspecified atom stereocenters. The summed E-state index contributed by atoms with van der Waals surface area (Å²) in [5.41, 5.74) is 3.59. The van der Waals surface area contributed by atoms with Gasteiger partial charge in [0.05, 0.1) is 13.2 Å². The van der Waals surface area contributed by atoms with Crippen LogP contribution in [0.2, 0.25) is 0 Å². The molecule has 1 aliphatic heterocycles. The molecule has 0 spiro atoms. The minimum Gasteiger partial charge on any atom is -0.377 e. The molecule has 0 fully saturated rings. The second-order valence-electron chi connectivity index (χ2n) is 7.52. The summed E-state index contributed by atoms with van der Waals surface area (Å²) in [6.07, 6.45) is 18.2. The number of rotatable bonds is 5. The van der Waals surface area contributed by atoms with Gasteiger partial charge in [0.25, 0.3) is 0 Å². The van der Waals surface area contributed by atoms with Crippen molar-refractivity contribution in [2.75, 3.05) is 13.2 Å². The third-order valence-electron chi connectivity index (χ3n) is 5.82. The van der Waals surface area contributed by atoms with Crippen molar-refractivity contribution in [3.8, 4) is 0 Å². The highest BCUT2D eigenvalue weighted by molar-refractivity contribution is 5.22. The van der Waals surface area contributed by atoms with Crippen LogP contribution in [0.4, 0.5) is 0 Å². The van der Waals surface area contributed by atoms with Gasteiger partial charge in [-0.3, -0.25) is 0 Å². The molecule has 2 aliphatic rings. The monoisotopic (exact) mass is 306 g/mol. The van der Waals surface area contributed by atoms with Gasteiger partial charge in [-0.05, 0) is 49.5 Å². The number of hydrogen-bond acceptors (Lipinski definition) is 1. The Labute approximate surface area is 138 Å². The van der Waals surface area contributed by atoms with Crippen LogP contribution in [0.25, 0.3) is 0 Å². The summed E-state index contributed by atoms with van der Waals surface area (Å²) < 4.78 is 5.92. The highest BCUT2D eigenvalue weighted by Gasteiger charge is 2.26. The van der Waals surface area contributed by atoms with Gasteiger partial charge in [0.15, 0.2) is 0 Å². The zero-order valence-electron chi connectivity index (χ0n) is 15.2. The van der Waals surface area contributed by atoms with E-state index >= 15 is 0 Å². The first-order valence-corrected chi connectivity index (χ1v) is 10.2. The van der Waals surface area contributed by atoms with E-state index < -0.39 is 0 Å². The third kappa shape index (κ3) is 5.41. The van der Waals surface area contributed by atoms with E-state index in [9.17, 15) is 0 Å². The lowest BCUT2D eigenvalue weighted by Crippen LogP contribution is -2.22. The first-order valence-electron chi connectivity index (χ1n) is 10.2. The first kappa shape index (κ1) is 18.0. The van der Waals surface area contributed by atoms with Gasteiger partial charge in [-0.15, -0.1) is 0 Å². The zero-order chi connectivity index (χ0) is 15.6. The third-order valence-corrected chi connectivity index (χ3v) is 5.82. The van der Waals surface area contributed by atoms with Gasteiger partial charge in [-0.2, -0.15) is 0 Å². The average molecular weight is 307 g/mol. The predicted molar refractivity (Wildman–Crippen MR) is 96.2 cm³/mol. The molecule has 0 N–H and O–H groups in total. The Hall–Kier alpha value is -0.300. The summed E-state index contributed by atoms with van der Waals surface area (Å²) in [6.45, 7) is 6.61. The van der Waals surface area contributed by atoms with E-state index in [1.807, 2.05) is 5.57 Å². The van der Waals surface area contributed by atoms with Gasteiger partial charge in [0.2, 0.25) is 0 Å². The minimum absolute atomic E-state index is 0.827. The SMILES string of the molecule is CCCCC1CCCCCCCC(CCC)C2=C1COCC2. The van der Waals surface area contributed by atoms with Crippen LogP contribution in [-0.2, 0) is 4.74 Å². The molecule has 22 heavy (non-hydrogen) atoms. The lowest BCUT2D eigenvalue weighted by atomic mass is 9.78. The second kappa shape index (κ2) is 10.5. The maximum atomic E-state index is 5.92. The molecular formula is C21H38O. The maximum absolute atomic E-state index is 5.92. The van der Waals surface area contributed by atoms with Crippen LogP contribution in [0.3, 0.4) is 0 Å². The second-order valence-corrected chi connectivity index (χ2v) is 7.52. The summed E-state index contributed by atoms with van der Waals surface area (Å²) in [4.78, 5) is 0. The van der Waals surface area contributed by atoms with Crippen LogP contribution in [0.5, 0.6) is 0 Å². The molecule has 1 heteroatoms. The van der Waals surface area contributed by atoms with Crippen molar-refractivity contribution in [1.82, 2.24) is 0 Å². The maximum Gasteiger partial charge on any atom is 0.0682 e. The van der Waals surface area contributed by atoms with E-state index in [0.717, 1.165) is 25.0 Å². The Morgan fingerprint density at radius 3 is 2.18 bits per heavy atom. The van der Waals surface area contributed by atoms with Crippen LogP contribution in [-0.4, -0.2) is 13.2 Å². The molecule has 1 nitrogen and oxygen atoms in total. The van der Waals surface area contributed by atoms with E-state index in [2.05, 4.69) is 13.8 Å². The molecule has 1 aliphatic carbocycles. The molecule has 0 bridgehead atoms. The molecule has 2 rings (SSSR count). The molecule has 2 atom stereocenters. The molecule has 0 saturated carbocycles. The average Bonchev–Trinajstić information content (AvgIpc) is 2.58. The Bertz CT molecular complexity index is 331. The van der Waals surface area contributed by atoms with Gasteiger partial charge in [0, 0.05) is 0 Å². The van der Waals surface area contributed by atoms with Crippen LogP contribution in [0, 0.1) is 11.8 Å². The Morgan fingerprint density at radius 2 is 1.50 bits per heavy atom. The molecule has 0 amide bonds. The summed E-state index contributed by atoms with van der Waals surface area (Å²) in [7, 11) is 0. The molecule has 128 valence electrons. The van der Waals surface area contributed by atoms with E-state index in [1.165, 1.54) is 83.5 Å². The van der Waals surface area contributed by atoms with Crippen molar-refractivity contribution in [1.29, 1.82) is 0 Å². The molecule has 0 aromatic rings. The first-order chi connectivity index (χ1) is 10.9. The smallest absolute Gasteiger partial charge is 0.0682 e. The van der Waals surface area contributed by atoms with Gasteiger partial charge in [0.1, 0.15) is 0 Å². The fourth-order valence-electron chi connectivity index (χ4n) is 4.56. The van der Waals surface area contributed by atoms with Gasteiger partial charge >= 0.3 is 0 Å². The number of hydrogen-bond donors (Lipinski definition) is 0. The topological polar surface area (TPSA) is 9.23 Å². The van der Waals surface area contributed by atoms with Crippen molar-refractivity contribution in [2.24, 2.45) is 11.8 Å². The molecular weight excluding hydrogens is 268 g/mol. The van der Waals surface area contributed by atoms with Crippen LogP contribution in [0.1, 0.15) is 97.3 Å². The van der Waals surface area contributed by atoms with Crippen molar-refractivity contribution in [3.05, 3.63) is 11.1 Å². The van der Waals surface area contributed by atoms with Crippen LogP contribution in [0.15, 0.2) is 11.1 Å². The molecule has 0 radical (unpaired) electrons. The van der Waals surface area contributed by atoms with Crippen molar-refractivity contribution < 1.29 is 4.74 Å². The van der Waals surface area contributed by atoms with Crippen LogP contribution >= 0.6 is 0 Å². The van der Waals surface area contributed by atoms with Gasteiger partial charge in [-0.1, -0.05) is 70.8 Å². The normalized spacial score (nSPS) is 28.1. The van der Waals surface area contributed by atoms with Crippen molar-refractivity contribution in [2.45, 2.75) is 97.3 Å². The van der Waals surface area contributed by atoms with Crippen molar-refractivity contribution >= 4 is 0 Å². The number of ether oxygens (including phenoxy) is 1. The fourth-order valence-corrected chi connectivity index (χ4v) is 4.56. The summed E-state index contributed by atoms with van der Waals surface area (Å²) >= 11 is 0. The minimum atomic E-state index is 0.827. The summed E-state index contributed by atoms with van der Waals surface area (Å²) in [5, 5.41) is 0. The zero-order valence-corrected chi connectivity index (χ0v) is 15.2. The molecule has 0 saturated heterocycles. The van der Waals surface area contributed by atoms with Gasteiger partial charge in [-0.25, -0.2) is 0 Å². The number of unbranched alkanes of at least 4 members (excludes halogenated alkanes) is 1. The van der Waals surface area contributed by atoms with Crippen molar-refractivity contribution in [3.63, 3.8) is 0 Å². The van der Waals surface area contributed by atoms with E-state index in [4.69, 9.17) is 4.74 Å². The molecule has 1 heterocycles. The Kier molecular flexibility index (Phi) is 8.59. The van der Waals surface area contributed by atoms with E-state index in [0.29, 0.717) is 0 Å². The molecule has 0 aromatic carbocycles. The van der Waals surface area contributed by atoms with E-state index in [-0.39, 0.29) is 0 Å². The lowest BCUT2D eigenvalue weighted by molar-refractivity contribution is 0.130.